The second-order valence-corrected chi connectivity index (χ2v) is 6.67. The van der Waals surface area contributed by atoms with Crippen LogP contribution in [0.4, 0.5) is 11.4 Å². The maximum Gasteiger partial charge on any atom is 0.251 e. The standard InChI is InChI=1S/C21H25N3O4/c1-13(2)19(24-20(26)15-5-11-18(28-4)12-6-15)21(27)23-17-9-7-16(8-10-17)22-14(3)25/h5-13,19H,1-4H3,(H,22,25)(H,23,27)(H,24,26)/t19-/m1/s1. The number of nitrogens with one attached hydrogen (secondary N) is 3. The van der Waals surface area contributed by atoms with E-state index in [9.17, 15) is 14.4 Å². The van der Waals surface area contributed by atoms with Crippen LogP contribution in [0, 0.1) is 5.92 Å². The van der Waals surface area contributed by atoms with Gasteiger partial charge < -0.3 is 20.7 Å². The van der Waals surface area contributed by atoms with Gasteiger partial charge in [0.25, 0.3) is 5.91 Å². The zero-order valence-electron chi connectivity index (χ0n) is 16.4. The summed E-state index contributed by atoms with van der Waals surface area (Å²) in [6, 6.07) is 12.7. The van der Waals surface area contributed by atoms with Crippen molar-refractivity contribution in [2.75, 3.05) is 17.7 Å². The number of rotatable bonds is 7. The molecule has 2 aromatic carbocycles. The smallest absolute Gasteiger partial charge is 0.251 e. The average Bonchev–Trinajstić information content (AvgIpc) is 2.66. The van der Waals surface area contributed by atoms with Crippen molar-refractivity contribution in [1.29, 1.82) is 0 Å². The van der Waals surface area contributed by atoms with Gasteiger partial charge >= 0.3 is 0 Å². The number of hydrogen-bond donors (Lipinski definition) is 3. The molecule has 0 saturated carbocycles. The lowest BCUT2D eigenvalue weighted by Gasteiger charge is -2.22. The summed E-state index contributed by atoms with van der Waals surface area (Å²) in [6.45, 7) is 5.14. The highest BCUT2D eigenvalue weighted by Crippen LogP contribution is 2.16. The quantitative estimate of drug-likeness (QED) is 0.685. The van der Waals surface area contributed by atoms with E-state index < -0.39 is 6.04 Å². The summed E-state index contributed by atoms with van der Waals surface area (Å²) in [5, 5.41) is 8.23. The van der Waals surface area contributed by atoms with Crippen LogP contribution in [0.25, 0.3) is 0 Å². The van der Waals surface area contributed by atoms with Gasteiger partial charge in [-0.15, -0.1) is 0 Å². The molecule has 2 aromatic rings. The van der Waals surface area contributed by atoms with Crippen LogP contribution >= 0.6 is 0 Å². The first-order valence-corrected chi connectivity index (χ1v) is 8.93. The van der Waals surface area contributed by atoms with Gasteiger partial charge in [0.2, 0.25) is 11.8 Å². The molecule has 0 heterocycles. The van der Waals surface area contributed by atoms with E-state index in [1.807, 2.05) is 13.8 Å². The van der Waals surface area contributed by atoms with E-state index in [2.05, 4.69) is 16.0 Å². The number of amides is 3. The third-order valence-electron chi connectivity index (χ3n) is 4.06. The Kier molecular flexibility index (Phi) is 7.14. The molecule has 2 rings (SSSR count). The highest BCUT2D eigenvalue weighted by atomic mass is 16.5. The predicted octanol–water partition coefficient (Wildman–Crippen LogP) is 3.05. The van der Waals surface area contributed by atoms with Gasteiger partial charge in [-0.25, -0.2) is 0 Å². The Labute approximate surface area is 164 Å². The Morgan fingerprint density at radius 1 is 0.857 bits per heavy atom. The molecule has 0 saturated heterocycles. The fourth-order valence-electron chi connectivity index (χ4n) is 2.56. The van der Waals surface area contributed by atoms with Crippen molar-refractivity contribution in [2.24, 2.45) is 5.92 Å². The van der Waals surface area contributed by atoms with Crippen LogP contribution in [-0.4, -0.2) is 30.9 Å². The Morgan fingerprint density at radius 3 is 1.86 bits per heavy atom. The lowest BCUT2D eigenvalue weighted by molar-refractivity contribution is -0.119. The molecule has 0 bridgehead atoms. The van der Waals surface area contributed by atoms with Crippen LogP contribution in [-0.2, 0) is 9.59 Å². The van der Waals surface area contributed by atoms with Crippen LogP contribution in [0.2, 0.25) is 0 Å². The predicted molar refractivity (Wildman–Crippen MR) is 108 cm³/mol. The summed E-state index contributed by atoms with van der Waals surface area (Å²) in [4.78, 5) is 36.2. The molecular formula is C21H25N3O4. The van der Waals surface area contributed by atoms with E-state index in [1.54, 1.807) is 55.6 Å². The molecule has 3 N–H and O–H groups in total. The number of carbonyl (C=O) groups is 3. The zero-order valence-corrected chi connectivity index (χ0v) is 16.4. The van der Waals surface area contributed by atoms with E-state index in [0.29, 0.717) is 22.7 Å². The fraction of sp³-hybridized carbons (Fsp3) is 0.286. The SMILES string of the molecule is COc1ccc(C(=O)N[C@@H](C(=O)Nc2ccc(NC(C)=O)cc2)C(C)C)cc1. The van der Waals surface area contributed by atoms with Gasteiger partial charge in [-0.2, -0.15) is 0 Å². The molecule has 0 radical (unpaired) electrons. The number of hydrogen-bond acceptors (Lipinski definition) is 4. The Hall–Kier alpha value is -3.35. The number of carbonyl (C=O) groups excluding carboxylic acids is 3. The van der Waals surface area contributed by atoms with Crippen LogP contribution < -0.4 is 20.7 Å². The van der Waals surface area contributed by atoms with Gasteiger partial charge in [0.05, 0.1) is 7.11 Å². The summed E-state index contributed by atoms with van der Waals surface area (Å²) in [7, 11) is 1.55. The molecule has 0 aromatic heterocycles. The van der Waals surface area contributed by atoms with Crippen LogP contribution in [0.3, 0.4) is 0 Å². The van der Waals surface area contributed by atoms with E-state index in [1.165, 1.54) is 6.92 Å². The van der Waals surface area contributed by atoms with Crippen molar-refractivity contribution in [3.05, 3.63) is 54.1 Å². The summed E-state index contributed by atoms with van der Waals surface area (Å²) in [5.74, 6) is -0.280. The molecule has 0 aliphatic heterocycles. The zero-order chi connectivity index (χ0) is 20.7. The van der Waals surface area contributed by atoms with Crippen molar-refractivity contribution in [3.8, 4) is 5.75 Å². The second-order valence-electron chi connectivity index (χ2n) is 6.67. The number of anilines is 2. The molecule has 148 valence electrons. The summed E-state index contributed by atoms with van der Waals surface area (Å²) in [6.07, 6.45) is 0. The Balaban J connectivity index is 2.04. The number of methoxy groups -OCH3 is 1. The molecule has 3 amide bonds. The Morgan fingerprint density at radius 2 is 1.39 bits per heavy atom. The summed E-state index contributed by atoms with van der Waals surface area (Å²) < 4.78 is 5.08. The lowest BCUT2D eigenvalue weighted by atomic mass is 10.0. The minimum atomic E-state index is -0.704. The molecule has 0 aliphatic rings. The van der Waals surface area contributed by atoms with Gasteiger partial charge in [0.15, 0.2) is 0 Å². The van der Waals surface area contributed by atoms with E-state index in [4.69, 9.17) is 4.74 Å². The van der Waals surface area contributed by atoms with Gasteiger partial charge in [0.1, 0.15) is 11.8 Å². The van der Waals surface area contributed by atoms with Gasteiger partial charge in [-0.05, 0) is 54.4 Å². The lowest BCUT2D eigenvalue weighted by Crippen LogP contribution is -2.47. The van der Waals surface area contributed by atoms with Crippen molar-refractivity contribution in [3.63, 3.8) is 0 Å². The third kappa shape index (κ3) is 5.84. The Bertz CT molecular complexity index is 830. The maximum atomic E-state index is 12.7. The van der Waals surface area contributed by atoms with Gasteiger partial charge in [-0.3, -0.25) is 14.4 Å². The molecule has 1 atom stereocenters. The van der Waals surface area contributed by atoms with Crippen molar-refractivity contribution in [2.45, 2.75) is 26.8 Å². The van der Waals surface area contributed by atoms with Crippen LogP contribution in [0.15, 0.2) is 48.5 Å². The van der Waals surface area contributed by atoms with E-state index in [-0.39, 0.29) is 23.6 Å². The minimum absolute atomic E-state index is 0.110. The van der Waals surface area contributed by atoms with Crippen molar-refractivity contribution >= 4 is 29.1 Å². The fourth-order valence-corrected chi connectivity index (χ4v) is 2.56. The summed E-state index contributed by atoms with van der Waals surface area (Å²) >= 11 is 0. The molecule has 28 heavy (non-hydrogen) atoms. The highest BCUT2D eigenvalue weighted by molar-refractivity contribution is 6.01. The molecule has 7 nitrogen and oxygen atoms in total. The molecule has 7 heteroatoms. The first-order chi connectivity index (χ1) is 13.3. The second kappa shape index (κ2) is 9.55. The average molecular weight is 383 g/mol. The van der Waals surface area contributed by atoms with E-state index >= 15 is 0 Å². The van der Waals surface area contributed by atoms with Crippen LogP contribution in [0.5, 0.6) is 5.75 Å². The van der Waals surface area contributed by atoms with Gasteiger partial charge in [-0.1, -0.05) is 13.8 Å². The monoisotopic (exact) mass is 383 g/mol. The first kappa shape index (κ1) is 21.0. The van der Waals surface area contributed by atoms with E-state index in [0.717, 1.165) is 0 Å². The first-order valence-electron chi connectivity index (χ1n) is 8.93. The van der Waals surface area contributed by atoms with Gasteiger partial charge in [0, 0.05) is 23.9 Å². The molecule has 0 unspecified atom stereocenters. The number of benzene rings is 2. The van der Waals surface area contributed by atoms with Crippen molar-refractivity contribution < 1.29 is 19.1 Å². The third-order valence-corrected chi connectivity index (χ3v) is 4.06. The summed E-state index contributed by atoms with van der Waals surface area (Å²) in [5.41, 5.74) is 1.65. The van der Waals surface area contributed by atoms with Crippen LogP contribution in [0.1, 0.15) is 31.1 Å². The molecule has 0 fully saturated rings. The molecular weight excluding hydrogens is 358 g/mol. The molecule has 0 aliphatic carbocycles. The number of ether oxygens (including phenoxy) is 1. The largest absolute Gasteiger partial charge is 0.497 e. The van der Waals surface area contributed by atoms with Crippen molar-refractivity contribution in [1.82, 2.24) is 5.32 Å². The normalized spacial score (nSPS) is 11.5. The molecule has 0 spiro atoms. The topological polar surface area (TPSA) is 96.5 Å². The maximum absolute atomic E-state index is 12.7. The highest BCUT2D eigenvalue weighted by Gasteiger charge is 2.24. The minimum Gasteiger partial charge on any atom is -0.497 e.